The molecule has 0 aromatic heterocycles. The lowest BCUT2D eigenvalue weighted by molar-refractivity contribution is -0.132. The van der Waals surface area contributed by atoms with Gasteiger partial charge >= 0.3 is 0 Å². The van der Waals surface area contributed by atoms with Gasteiger partial charge in [0.15, 0.2) is 0 Å². The normalized spacial score (nSPS) is 19.1. The van der Waals surface area contributed by atoms with Gasteiger partial charge in [-0.2, -0.15) is 0 Å². The molecular weight excluding hydrogens is 291 g/mol. The first-order valence-electron chi connectivity index (χ1n) is 8.88. The summed E-state index contributed by atoms with van der Waals surface area (Å²) in [5.74, 6) is -0.135. The van der Waals surface area contributed by atoms with Gasteiger partial charge in [-0.1, -0.05) is 37.5 Å². The Bertz CT molecular complexity index is 538. The van der Waals surface area contributed by atoms with E-state index in [0.29, 0.717) is 30.7 Å². The Morgan fingerprint density at radius 1 is 1.09 bits per heavy atom. The quantitative estimate of drug-likeness (QED) is 0.800. The fourth-order valence-corrected chi connectivity index (χ4v) is 3.62. The molecule has 0 bridgehead atoms. The van der Waals surface area contributed by atoms with Crippen LogP contribution < -0.4 is 0 Å². The number of amides is 1. The van der Waals surface area contributed by atoms with Crippen LogP contribution in [0.5, 0.6) is 0 Å². The summed E-state index contributed by atoms with van der Waals surface area (Å²) < 4.78 is 13.8. The van der Waals surface area contributed by atoms with E-state index in [1.807, 2.05) is 6.07 Å². The van der Waals surface area contributed by atoms with Crippen molar-refractivity contribution >= 4 is 5.91 Å². The van der Waals surface area contributed by atoms with Gasteiger partial charge in [0.25, 0.3) is 0 Å². The number of likely N-dealkylation sites (N-methyl/N-ethyl adjacent to an activating group) is 1. The van der Waals surface area contributed by atoms with E-state index in [4.69, 9.17) is 0 Å². The van der Waals surface area contributed by atoms with Crippen LogP contribution >= 0.6 is 0 Å². The van der Waals surface area contributed by atoms with Crippen molar-refractivity contribution in [2.24, 2.45) is 0 Å². The van der Waals surface area contributed by atoms with Crippen LogP contribution in [-0.4, -0.2) is 41.4 Å². The highest BCUT2D eigenvalue weighted by atomic mass is 19.1. The van der Waals surface area contributed by atoms with Crippen molar-refractivity contribution in [2.45, 2.75) is 63.6 Å². The highest BCUT2D eigenvalue weighted by Crippen LogP contribution is 2.33. The van der Waals surface area contributed by atoms with E-state index in [1.165, 1.54) is 51.0 Å². The summed E-state index contributed by atoms with van der Waals surface area (Å²) in [4.78, 5) is 16.7. The molecular formula is C19H27FN2O. The average molecular weight is 318 g/mol. The lowest BCUT2D eigenvalue weighted by Crippen LogP contribution is -2.45. The van der Waals surface area contributed by atoms with Gasteiger partial charge in [-0.3, -0.25) is 9.69 Å². The summed E-state index contributed by atoms with van der Waals surface area (Å²) in [5.41, 5.74) is 0.582. The molecule has 4 heteroatoms. The van der Waals surface area contributed by atoms with E-state index in [1.54, 1.807) is 24.1 Å². The lowest BCUT2D eigenvalue weighted by Gasteiger charge is -2.35. The van der Waals surface area contributed by atoms with E-state index >= 15 is 0 Å². The minimum Gasteiger partial charge on any atom is -0.340 e. The van der Waals surface area contributed by atoms with Gasteiger partial charge in [-0.15, -0.1) is 0 Å². The Kier molecular flexibility index (Phi) is 5.31. The molecule has 1 aromatic rings. The van der Waals surface area contributed by atoms with E-state index in [0.717, 1.165) is 0 Å². The van der Waals surface area contributed by atoms with E-state index < -0.39 is 0 Å². The molecule has 0 atom stereocenters. The average Bonchev–Trinajstić information content (AvgIpc) is 3.40. The van der Waals surface area contributed by atoms with Gasteiger partial charge in [0.1, 0.15) is 5.82 Å². The topological polar surface area (TPSA) is 23.6 Å². The predicted molar refractivity (Wildman–Crippen MR) is 89.5 cm³/mol. The zero-order valence-electron chi connectivity index (χ0n) is 14.0. The summed E-state index contributed by atoms with van der Waals surface area (Å²) in [5, 5.41) is 0. The third-order valence-corrected chi connectivity index (χ3v) is 5.17. The van der Waals surface area contributed by atoms with Crippen LogP contribution in [0.2, 0.25) is 0 Å². The molecule has 2 saturated carbocycles. The maximum atomic E-state index is 13.8. The summed E-state index contributed by atoms with van der Waals surface area (Å²) in [6.07, 6.45) is 8.79. The van der Waals surface area contributed by atoms with Gasteiger partial charge in [-0.25, -0.2) is 4.39 Å². The van der Waals surface area contributed by atoms with Crippen LogP contribution in [-0.2, 0) is 11.3 Å². The van der Waals surface area contributed by atoms with Crippen LogP contribution in [0.3, 0.4) is 0 Å². The maximum Gasteiger partial charge on any atom is 0.236 e. The molecule has 0 saturated heterocycles. The molecule has 23 heavy (non-hydrogen) atoms. The second kappa shape index (κ2) is 7.43. The van der Waals surface area contributed by atoms with Crippen molar-refractivity contribution < 1.29 is 9.18 Å². The van der Waals surface area contributed by atoms with Gasteiger partial charge in [0.05, 0.1) is 6.54 Å². The van der Waals surface area contributed by atoms with Crippen molar-refractivity contribution in [1.29, 1.82) is 0 Å². The highest BCUT2D eigenvalue weighted by molar-refractivity contribution is 5.78. The zero-order valence-corrected chi connectivity index (χ0v) is 14.0. The van der Waals surface area contributed by atoms with Gasteiger partial charge in [0.2, 0.25) is 5.91 Å². The number of benzene rings is 1. The molecule has 0 radical (unpaired) electrons. The van der Waals surface area contributed by atoms with Crippen molar-refractivity contribution in [1.82, 2.24) is 9.80 Å². The molecule has 126 valence electrons. The number of halogens is 1. The predicted octanol–water partition coefficient (Wildman–Crippen LogP) is 3.58. The molecule has 0 aliphatic heterocycles. The maximum absolute atomic E-state index is 13.8. The summed E-state index contributed by atoms with van der Waals surface area (Å²) in [6.45, 7) is 0.828. The third kappa shape index (κ3) is 4.31. The fraction of sp³-hybridized carbons (Fsp3) is 0.632. The first-order chi connectivity index (χ1) is 11.1. The van der Waals surface area contributed by atoms with Crippen molar-refractivity contribution in [3.63, 3.8) is 0 Å². The Morgan fingerprint density at radius 3 is 2.39 bits per heavy atom. The summed E-state index contributed by atoms with van der Waals surface area (Å²) in [7, 11) is 1.78. The van der Waals surface area contributed by atoms with Crippen LogP contribution in [0.25, 0.3) is 0 Å². The number of hydrogen-bond acceptors (Lipinski definition) is 2. The van der Waals surface area contributed by atoms with Crippen LogP contribution in [0.4, 0.5) is 4.39 Å². The number of carbonyl (C=O) groups excluding carboxylic acids is 1. The Labute approximate surface area is 138 Å². The third-order valence-electron chi connectivity index (χ3n) is 5.17. The van der Waals surface area contributed by atoms with Crippen LogP contribution in [0.15, 0.2) is 24.3 Å². The number of hydrogen-bond donors (Lipinski definition) is 0. The van der Waals surface area contributed by atoms with Crippen LogP contribution in [0.1, 0.15) is 50.5 Å². The van der Waals surface area contributed by atoms with E-state index in [-0.39, 0.29) is 11.7 Å². The molecule has 2 fully saturated rings. The van der Waals surface area contributed by atoms with Gasteiger partial charge < -0.3 is 4.90 Å². The molecule has 0 heterocycles. The Hall–Kier alpha value is -1.42. The number of nitrogens with zero attached hydrogens (tertiary/aromatic N) is 2. The molecule has 0 N–H and O–H groups in total. The second-order valence-electron chi connectivity index (χ2n) is 7.04. The molecule has 1 amide bonds. The molecule has 1 aromatic carbocycles. The molecule has 0 unspecified atom stereocenters. The fourth-order valence-electron chi connectivity index (χ4n) is 3.62. The first-order valence-corrected chi connectivity index (χ1v) is 8.88. The SMILES string of the molecule is CN(Cc1ccccc1F)C(=O)CN(C1CCCCC1)C1CC1. The number of carbonyl (C=O) groups is 1. The van der Waals surface area contributed by atoms with Crippen molar-refractivity contribution in [3.8, 4) is 0 Å². The minimum absolute atomic E-state index is 0.103. The van der Waals surface area contributed by atoms with Gasteiger partial charge in [0, 0.05) is 31.2 Å². The minimum atomic E-state index is -0.238. The lowest BCUT2D eigenvalue weighted by atomic mass is 9.94. The number of rotatable bonds is 6. The molecule has 0 spiro atoms. The highest BCUT2D eigenvalue weighted by Gasteiger charge is 2.35. The smallest absolute Gasteiger partial charge is 0.236 e. The second-order valence-corrected chi connectivity index (χ2v) is 7.04. The standard InChI is InChI=1S/C19H27FN2O/c1-21(13-15-7-5-6-10-18(15)20)19(23)14-22(17-11-12-17)16-8-3-2-4-9-16/h5-7,10,16-17H,2-4,8-9,11-14H2,1H3. The summed E-state index contributed by atoms with van der Waals surface area (Å²) in [6, 6.07) is 7.87. The molecule has 3 nitrogen and oxygen atoms in total. The molecule has 3 rings (SSSR count). The van der Waals surface area contributed by atoms with Crippen molar-refractivity contribution in [3.05, 3.63) is 35.6 Å². The summed E-state index contributed by atoms with van der Waals surface area (Å²) >= 11 is 0. The molecule has 2 aliphatic carbocycles. The van der Waals surface area contributed by atoms with Crippen molar-refractivity contribution in [2.75, 3.05) is 13.6 Å². The zero-order chi connectivity index (χ0) is 16.2. The van der Waals surface area contributed by atoms with E-state index in [2.05, 4.69) is 4.90 Å². The van der Waals surface area contributed by atoms with E-state index in [9.17, 15) is 9.18 Å². The largest absolute Gasteiger partial charge is 0.340 e. The molecule has 2 aliphatic rings. The van der Waals surface area contributed by atoms with Crippen LogP contribution in [0, 0.1) is 5.82 Å². The van der Waals surface area contributed by atoms with Gasteiger partial charge in [-0.05, 0) is 31.7 Å². The Balaban J connectivity index is 1.58. The first kappa shape index (κ1) is 16.4. The monoisotopic (exact) mass is 318 g/mol. The Morgan fingerprint density at radius 2 is 1.74 bits per heavy atom.